The zero-order valence-corrected chi connectivity index (χ0v) is 9.69. The van der Waals surface area contributed by atoms with E-state index in [9.17, 15) is 9.59 Å². The smallest absolute Gasteiger partial charge is 0.341 e. The van der Waals surface area contributed by atoms with E-state index < -0.39 is 35.7 Å². The van der Waals surface area contributed by atoms with E-state index in [-0.39, 0.29) is 0 Å². The first kappa shape index (κ1) is 14.8. The molecule has 1 atom stereocenters. The molecule has 7 heteroatoms. The van der Waals surface area contributed by atoms with E-state index in [1.165, 1.54) is 0 Å². The predicted octanol–water partition coefficient (Wildman–Crippen LogP) is -1.26. The third kappa shape index (κ3) is 5.06. The number of carbonyl (C=O) groups is 2. The molecule has 16 heavy (non-hydrogen) atoms. The summed E-state index contributed by atoms with van der Waals surface area (Å²) in [5, 5.41) is 8.57. The van der Waals surface area contributed by atoms with Gasteiger partial charge in [0.15, 0.2) is 5.66 Å². The van der Waals surface area contributed by atoms with Crippen LogP contribution in [-0.2, 0) is 14.3 Å². The van der Waals surface area contributed by atoms with Crippen LogP contribution in [0.4, 0.5) is 0 Å². The highest BCUT2D eigenvalue weighted by atomic mass is 16.6. The number of aliphatic carboxylic acids is 1. The standard InChI is InChI=1S/C9H19N3O4/c1-8(2,3)16-7(15)9(11,12)4-5(10)6(13)14/h5H,4,10-12H2,1-3H3,(H,13,14)/t5-/m1/s1. The topological polar surface area (TPSA) is 142 Å². The van der Waals surface area contributed by atoms with Crippen molar-refractivity contribution in [3.05, 3.63) is 0 Å². The highest BCUT2D eigenvalue weighted by molar-refractivity contribution is 5.82. The molecular weight excluding hydrogens is 214 g/mol. The molecule has 0 fully saturated rings. The van der Waals surface area contributed by atoms with Crippen molar-refractivity contribution in [3.63, 3.8) is 0 Å². The number of carboxylic acids is 1. The third-order valence-electron chi connectivity index (χ3n) is 1.65. The second kappa shape index (κ2) is 4.77. The largest absolute Gasteiger partial charge is 0.480 e. The summed E-state index contributed by atoms with van der Waals surface area (Å²) in [5.41, 5.74) is 13.5. The van der Waals surface area contributed by atoms with Crippen LogP contribution in [0.5, 0.6) is 0 Å². The van der Waals surface area contributed by atoms with Gasteiger partial charge in [-0.05, 0) is 20.8 Å². The predicted molar refractivity (Wildman–Crippen MR) is 57.2 cm³/mol. The average Bonchev–Trinajstić information content (AvgIpc) is 1.99. The summed E-state index contributed by atoms with van der Waals surface area (Å²) in [6.45, 7) is 4.95. The molecule has 7 nitrogen and oxygen atoms in total. The molecule has 7 N–H and O–H groups in total. The maximum atomic E-state index is 11.5. The number of carboxylic acid groups (broad SMARTS) is 1. The number of carbonyl (C=O) groups excluding carboxylic acids is 1. The van der Waals surface area contributed by atoms with Crippen molar-refractivity contribution in [2.75, 3.05) is 0 Å². The lowest BCUT2D eigenvalue weighted by molar-refractivity contribution is -0.162. The Labute approximate surface area is 93.9 Å². The van der Waals surface area contributed by atoms with Gasteiger partial charge in [-0.25, -0.2) is 4.79 Å². The van der Waals surface area contributed by atoms with Crippen LogP contribution >= 0.6 is 0 Å². The Morgan fingerprint density at radius 3 is 2.06 bits per heavy atom. The van der Waals surface area contributed by atoms with E-state index >= 15 is 0 Å². The minimum atomic E-state index is -1.90. The van der Waals surface area contributed by atoms with E-state index in [0.717, 1.165) is 0 Å². The molecule has 0 aliphatic carbocycles. The van der Waals surface area contributed by atoms with Gasteiger partial charge >= 0.3 is 11.9 Å². The molecular formula is C9H19N3O4. The molecule has 0 heterocycles. The molecule has 0 saturated carbocycles. The van der Waals surface area contributed by atoms with Gasteiger partial charge in [0.1, 0.15) is 11.6 Å². The number of hydrogen-bond donors (Lipinski definition) is 4. The molecule has 0 bridgehead atoms. The van der Waals surface area contributed by atoms with Crippen LogP contribution in [0.2, 0.25) is 0 Å². The monoisotopic (exact) mass is 233 g/mol. The van der Waals surface area contributed by atoms with Gasteiger partial charge in [-0.1, -0.05) is 0 Å². The van der Waals surface area contributed by atoms with Gasteiger partial charge in [0, 0.05) is 6.42 Å². The molecule has 0 unspecified atom stereocenters. The van der Waals surface area contributed by atoms with E-state index in [2.05, 4.69) is 0 Å². The number of nitrogens with two attached hydrogens (primary N) is 3. The second-order valence-electron chi connectivity index (χ2n) is 4.69. The third-order valence-corrected chi connectivity index (χ3v) is 1.65. The summed E-state index contributed by atoms with van der Waals surface area (Å²) >= 11 is 0. The van der Waals surface area contributed by atoms with Crippen molar-refractivity contribution in [2.45, 2.75) is 44.5 Å². The van der Waals surface area contributed by atoms with E-state index in [1.807, 2.05) is 0 Å². The number of esters is 1. The zero-order chi connectivity index (χ0) is 13.1. The van der Waals surface area contributed by atoms with Crippen molar-refractivity contribution >= 4 is 11.9 Å². The number of ether oxygens (including phenoxy) is 1. The Morgan fingerprint density at radius 2 is 1.75 bits per heavy atom. The summed E-state index contributed by atoms with van der Waals surface area (Å²) in [7, 11) is 0. The highest BCUT2D eigenvalue weighted by Gasteiger charge is 2.37. The SMILES string of the molecule is CC(C)(C)OC(=O)C(N)(N)C[C@@H](N)C(=O)O. The van der Waals surface area contributed by atoms with Crippen molar-refractivity contribution in [2.24, 2.45) is 17.2 Å². The van der Waals surface area contributed by atoms with Crippen molar-refractivity contribution < 1.29 is 19.4 Å². The minimum Gasteiger partial charge on any atom is -0.480 e. The van der Waals surface area contributed by atoms with Crippen LogP contribution in [0.1, 0.15) is 27.2 Å². The fourth-order valence-corrected chi connectivity index (χ4v) is 0.908. The summed E-state index contributed by atoms with van der Waals surface area (Å²) in [5.74, 6) is -2.15. The van der Waals surface area contributed by atoms with Crippen LogP contribution in [0.25, 0.3) is 0 Å². The average molecular weight is 233 g/mol. The molecule has 0 saturated heterocycles. The molecule has 0 radical (unpaired) electrons. The van der Waals surface area contributed by atoms with Crippen LogP contribution in [-0.4, -0.2) is 34.4 Å². The van der Waals surface area contributed by atoms with Crippen molar-refractivity contribution in [3.8, 4) is 0 Å². The fraction of sp³-hybridized carbons (Fsp3) is 0.778. The van der Waals surface area contributed by atoms with Gasteiger partial charge in [0.2, 0.25) is 0 Å². The first-order chi connectivity index (χ1) is 6.96. The van der Waals surface area contributed by atoms with Gasteiger partial charge in [0.25, 0.3) is 0 Å². The molecule has 0 aliphatic rings. The van der Waals surface area contributed by atoms with Crippen LogP contribution in [0.3, 0.4) is 0 Å². The van der Waals surface area contributed by atoms with Crippen molar-refractivity contribution in [1.82, 2.24) is 0 Å². The van der Waals surface area contributed by atoms with Crippen molar-refractivity contribution in [1.29, 1.82) is 0 Å². The molecule has 0 aromatic carbocycles. The minimum absolute atomic E-state index is 0.392. The Balaban J connectivity index is 4.54. The normalized spacial score (nSPS) is 14.4. The first-order valence-electron chi connectivity index (χ1n) is 4.75. The Morgan fingerprint density at radius 1 is 1.31 bits per heavy atom. The lowest BCUT2D eigenvalue weighted by Gasteiger charge is -2.28. The van der Waals surface area contributed by atoms with Gasteiger partial charge < -0.3 is 27.0 Å². The van der Waals surface area contributed by atoms with Crippen LogP contribution in [0.15, 0.2) is 0 Å². The van der Waals surface area contributed by atoms with Gasteiger partial charge in [-0.15, -0.1) is 0 Å². The summed E-state index contributed by atoms with van der Waals surface area (Å²) in [4.78, 5) is 22.0. The highest BCUT2D eigenvalue weighted by Crippen LogP contribution is 2.13. The molecule has 0 rings (SSSR count). The fourth-order valence-electron chi connectivity index (χ4n) is 0.908. The number of hydrogen-bond acceptors (Lipinski definition) is 6. The number of rotatable bonds is 4. The maximum absolute atomic E-state index is 11.5. The zero-order valence-electron chi connectivity index (χ0n) is 9.69. The van der Waals surface area contributed by atoms with Crippen LogP contribution < -0.4 is 17.2 Å². The van der Waals surface area contributed by atoms with E-state index in [0.29, 0.717) is 0 Å². The summed E-state index contributed by atoms with van der Waals surface area (Å²) < 4.78 is 4.95. The Hall–Kier alpha value is -1.18. The molecule has 0 amide bonds. The molecule has 0 aromatic heterocycles. The Bertz CT molecular complexity index is 283. The van der Waals surface area contributed by atoms with Crippen LogP contribution in [0, 0.1) is 0 Å². The lowest BCUT2D eigenvalue weighted by atomic mass is 10.0. The maximum Gasteiger partial charge on any atom is 0.341 e. The lowest BCUT2D eigenvalue weighted by Crippen LogP contribution is -2.61. The quantitative estimate of drug-likeness (QED) is 0.351. The van der Waals surface area contributed by atoms with Gasteiger partial charge in [-0.3, -0.25) is 4.79 Å². The second-order valence-corrected chi connectivity index (χ2v) is 4.69. The first-order valence-corrected chi connectivity index (χ1v) is 4.75. The van der Waals surface area contributed by atoms with E-state index in [1.54, 1.807) is 20.8 Å². The Kier molecular flexibility index (Phi) is 4.42. The molecule has 94 valence electrons. The molecule has 0 aromatic rings. The summed E-state index contributed by atoms with van der Waals surface area (Å²) in [6.07, 6.45) is -0.392. The molecule has 0 aliphatic heterocycles. The van der Waals surface area contributed by atoms with E-state index in [4.69, 9.17) is 27.0 Å². The van der Waals surface area contributed by atoms with Gasteiger partial charge in [-0.2, -0.15) is 0 Å². The summed E-state index contributed by atoms with van der Waals surface area (Å²) in [6, 6.07) is -1.30. The molecule has 0 spiro atoms. The van der Waals surface area contributed by atoms with Gasteiger partial charge in [0.05, 0.1) is 0 Å².